The molecule has 1 saturated heterocycles. The van der Waals surface area contributed by atoms with E-state index in [0.717, 1.165) is 28.5 Å². The summed E-state index contributed by atoms with van der Waals surface area (Å²) in [5.74, 6) is -0.447. The summed E-state index contributed by atoms with van der Waals surface area (Å²) in [6.07, 6.45) is 3.73. The summed E-state index contributed by atoms with van der Waals surface area (Å²) < 4.78 is 15.9. The smallest absolute Gasteiger partial charge is 0.174 e. The van der Waals surface area contributed by atoms with Crippen LogP contribution in [0.5, 0.6) is 0 Å². The molecule has 1 N–H and O–H groups in total. The molecular weight excluding hydrogens is 469 g/mol. The zero-order valence-corrected chi connectivity index (χ0v) is 20.3. The minimum absolute atomic E-state index is 0.0784. The van der Waals surface area contributed by atoms with Gasteiger partial charge in [-0.2, -0.15) is 0 Å². The molecule has 0 unspecified atom stereocenters. The van der Waals surface area contributed by atoms with Crippen LogP contribution in [-0.2, 0) is 0 Å². The molecule has 172 valence electrons. The number of anilines is 2. The van der Waals surface area contributed by atoms with Gasteiger partial charge < -0.3 is 19.7 Å². The Morgan fingerprint density at radius 1 is 1.00 bits per heavy atom. The average molecular weight is 492 g/mol. The van der Waals surface area contributed by atoms with Gasteiger partial charge in [0.15, 0.2) is 5.11 Å². The van der Waals surface area contributed by atoms with Crippen molar-refractivity contribution in [1.82, 2.24) is 14.9 Å². The van der Waals surface area contributed by atoms with Crippen LogP contribution in [0.15, 0.2) is 85.2 Å². The number of aromatic nitrogens is 2. The minimum Gasteiger partial charge on any atom is -0.378 e. The fraction of sp³-hybridized carbons (Fsp3) is 0.154. The Kier molecular flexibility index (Phi) is 5.98. The third-order valence-electron chi connectivity index (χ3n) is 6.01. The van der Waals surface area contributed by atoms with Gasteiger partial charge in [-0.25, -0.2) is 4.39 Å². The molecule has 5 nitrogen and oxygen atoms in total. The number of hydrogen-bond acceptors (Lipinski definition) is 3. The maximum atomic E-state index is 13.9. The molecule has 1 aliphatic heterocycles. The Morgan fingerprint density at radius 3 is 2.44 bits per heavy atom. The lowest BCUT2D eigenvalue weighted by atomic mass is 10.0. The summed E-state index contributed by atoms with van der Waals surface area (Å²) in [5, 5.41) is 4.17. The molecule has 1 aliphatic rings. The summed E-state index contributed by atoms with van der Waals surface area (Å²) in [6, 6.07) is 22.5. The molecule has 2 aromatic heterocycles. The predicted octanol–water partition coefficient (Wildman–Crippen LogP) is 5.91. The maximum Gasteiger partial charge on any atom is 0.174 e. The highest BCUT2D eigenvalue weighted by atomic mass is 35.5. The largest absolute Gasteiger partial charge is 0.378 e. The van der Waals surface area contributed by atoms with Crippen molar-refractivity contribution in [1.29, 1.82) is 0 Å². The Hall–Kier alpha value is -3.42. The van der Waals surface area contributed by atoms with Crippen molar-refractivity contribution >= 4 is 40.3 Å². The average Bonchev–Trinajstić information content (AvgIpc) is 3.45. The molecule has 8 heteroatoms. The first kappa shape index (κ1) is 22.4. The Balaban J connectivity index is 1.64. The van der Waals surface area contributed by atoms with Crippen LogP contribution >= 0.6 is 23.8 Å². The van der Waals surface area contributed by atoms with E-state index in [0.29, 0.717) is 5.11 Å². The van der Waals surface area contributed by atoms with E-state index in [4.69, 9.17) is 23.8 Å². The van der Waals surface area contributed by atoms with Crippen LogP contribution in [-0.4, -0.2) is 28.8 Å². The van der Waals surface area contributed by atoms with Crippen LogP contribution in [0.1, 0.15) is 23.5 Å². The van der Waals surface area contributed by atoms with Gasteiger partial charge in [0, 0.05) is 49.2 Å². The van der Waals surface area contributed by atoms with Crippen molar-refractivity contribution in [2.75, 3.05) is 23.9 Å². The molecule has 1 fully saturated rings. The number of rotatable bonds is 5. The summed E-state index contributed by atoms with van der Waals surface area (Å²) >= 11 is 11.9. The lowest BCUT2D eigenvalue weighted by Gasteiger charge is -2.29. The molecule has 0 spiro atoms. The van der Waals surface area contributed by atoms with E-state index < -0.39 is 5.82 Å². The number of hydrogen-bond donors (Lipinski definition) is 1. The second kappa shape index (κ2) is 9.08. The number of benzene rings is 2. The SMILES string of the molecule is CN(C)c1ccc(N2C(=S)N[C@@H](c3ccccn3)[C@@H]2c2cccn2-c2ccc(F)c(Cl)c2)cc1. The van der Waals surface area contributed by atoms with Crippen LogP contribution in [0.4, 0.5) is 15.8 Å². The molecule has 2 atom stereocenters. The third kappa shape index (κ3) is 4.02. The third-order valence-corrected chi connectivity index (χ3v) is 6.61. The van der Waals surface area contributed by atoms with Crippen LogP contribution in [0, 0.1) is 5.82 Å². The summed E-state index contributed by atoms with van der Waals surface area (Å²) in [5.41, 5.74) is 4.70. The first-order valence-corrected chi connectivity index (χ1v) is 11.6. The van der Waals surface area contributed by atoms with E-state index in [1.165, 1.54) is 6.07 Å². The normalized spacial score (nSPS) is 17.6. The molecule has 0 saturated carbocycles. The minimum atomic E-state index is -0.447. The van der Waals surface area contributed by atoms with Crippen molar-refractivity contribution in [3.63, 3.8) is 0 Å². The maximum absolute atomic E-state index is 13.9. The standard InChI is InChI=1S/C26H23ClFN5S/c1-31(2)17-8-10-18(11-9-17)33-25(24(30-26(33)34)22-6-3-4-14-29-22)23-7-5-15-32(23)19-12-13-21(28)20(27)16-19/h3-16,24-25H,1-2H3,(H,30,34)/t24-,25-/m0/s1. The van der Waals surface area contributed by atoms with Crippen LogP contribution in [0.25, 0.3) is 5.69 Å². The van der Waals surface area contributed by atoms with Gasteiger partial charge in [-0.3, -0.25) is 4.98 Å². The van der Waals surface area contributed by atoms with Crippen molar-refractivity contribution in [3.8, 4) is 5.69 Å². The highest BCUT2D eigenvalue weighted by Gasteiger charge is 2.42. The van der Waals surface area contributed by atoms with Crippen molar-refractivity contribution < 1.29 is 4.39 Å². The summed E-state index contributed by atoms with van der Waals surface area (Å²) in [7, 11) is 4.02. The second-order valence-electron chi connectivity index (χ2n) is 8.31. The molecule has 34 heavy (non-hydrogen) atoms. The second-order valence-corrected chi connectivity index (χ2v) is 9.10. The van der Waals surface area contributed by atoms with E-state index in [1.807, 2.05) is 49.1 Å². The first-order valence-electron chi connectivity index (χ1n) is 10.8. The first-order chi connectivity index (χ1) is 16.4. The van der Waals surface area contributed by atoms with Crippen molar-refractivity contribution in [3.05, 3.63) is 107 Å². The number of pyridine rings is 1. The highest BCUT2D eigenvalue weighted by molar-refractivity contribution is 7.80. The summed E-state index contributed by atoms with van der Waals surface area (Å²) in [4.78, 5) is 8.79. The molecule has 0 bridgehead atoms. The van der Waals surface area contributed by atoms with Gasteiger partial charge in [-0.1, -0.05) is 17.7 Å². The van der Waals surface area contributed by atoms with E-state index >= 15 is 0 Å². The quantitative estimate of drug-likeness (QED) is 0.351. The zero-order chi connectivity index (χ0) is 23.8. The van der Waals surface area contributed by atoms with E-state index in [2.05, 4.69) is 50.4 Å². The number of thiocarbonyl (C=S) groups is 1. The highest BCUT2D eigenvalue weighted by Crippen LogP contribution is 2.42. The Labute approximate surface area is 208 Å². The number of nitrogens with one attached hydrogen (secondary N) is 1. The van der Waals surface area contributed by atoms with E-state index in [9.17, 15) is 4.39 Å². The van der Waals surface area contributed by atoms with Gasteiger partial charge in [0.2, 0.25) is 0 Å². The van der Waals surface area contributed by atoms with Gasteiger partial charge in [0.05, 0.1) is 16.8 Å². The lowest BCUT2D eigenvalue weighted by molar-refractivity contribution is 0.549. The number of halogens is 2. The van der Waals surface area contributed by atoms with Crippen molar-refractivity contribution in [2.24, 2.45) is 0 Å². The fourth-order valence-corrected chi connectivity index (χ4v) is 4.87. The predicted molar refractivity (Wildman–Crippen MR) is 139 cm³/mol. The Bertz CT molecular complexity index is 1320. The molecular formula is C26H23ClFN5S. The van der Waals surface area contributed by atoms with Crippen molar-refractivity contribution in [2.45, 2.75) is 12.1 Å². The molecule has 0 radical (unpaired) electrons. The van der Waals surface area contributed by atoms with Crippen LogP contribution in [0.2, 0.25) is 5.02 Å². The molecule has 0 aliphatic carbocycles. The molecule has 5 rings (SSSR count). The van der Waals surface area contributed by atoms with E-state index in [1.54, 1.807) is 18.3 Å². The topological polar surface area (TPSA) is 36.3 Å². The van der Waals surface area contributed by atoms with Gasteiger partial charge in [0.25, 0.3) is 0 Å². The van der Waals surface area contributed by atoms with Crippen LogP contribution in [0.3, 0.4) is 0 Å². The number of nitrogens with zero attached hydrogens (tertiary/aromatic N) is 4. The molecule has 0 amide bonds. The zero-order valence-electron chi connectivity index (χ0n) is 18.7. The molecule has 2 aromatic carbocycles. The van der Waals surface area contributed by atoms with Crippen LogP contribution < -0.4 is 15.1 Å². The monoisotopic (exact) mass is 491 g/mol. The fourth-order valence-electron chi connectivity index (χ4n) is 4.35. The lowest BCUT2D eigenvalue weighted by Crippen LogP contribution is -2.30. The van der Waals surface area contributed by atoms with Gasteiger partial charge in [0.1, 0.15) is 11.9 Å². The van der Waals surface area contributed by atoms with Gasteiger partial charge in [-0.05, 0) is 78.9 Å². The summed E-state index contributed by atoms with van der Waals surface area (Å²) in [6.45, 7) is 0. The van der Waals surface area contributed by atoms with Gasteiger partial charge >= 0.3 is 0 Å². The molecule has 4 aromatic rings. The Morgan fingerprint density at radius 2 is 1.76 bits per heavy atom. The van der Waals surface area contributed by atoms with Gasteiger partial charge in [-0.15, -0.1) is 0 Å². The molecule has 3 heterocycles. The van der Waals surface area contributed by atoms with E-state index in [-0.39, 0.29) is 17.1 Å².